The minimum atomic E-state index is 0.293. The second kappa shape index (κ2) is 4.16. The summed E-state index contributed by atoms with van der Waals surface area (Å²) in [5, 5.41) is 7.75. The van der Waals surface area contributed by atoms with Gasteiger partial charge < -0.3 is 0 Å². The standard InChI is InChI=1S/C9H15N3O/c1-4-5-12-9(7(2)3)8(6-13)10-11-12/h6-7H,4-5H2,1-3H3. The normalized spacial score (nSPS) is 10.8. The lowest BCUT2D eigenvalue weighted by molar-refractivity contribution is 0.111. The summed E-state index contributed by atoms with van der Waals surface area (Å²) >= 11 is 0. The van der Waals surface area contributed by atoms with Crippen LogP contribution in [0.1, 0.15) is 49.3 Å². The van der Waals surface area contributed by atoms with E-state index in [0.717, 1.165) is 24.9 Å². The maximum atomic E-state index is 10.6. The zero-order valence-electron chi connectivity index (χ0n) is 8.32. The molecule has 13 heavy (non-hydrogen) atoms. The SMILES string of the molecule is CCCn1nnc(C=O)c1C(C)C. The Morgan fingerprint density at radius 2 is 2.23 bits per heavy atom. The molecule has 4 nitrogen and oxygen atoms in total. The number of hydrogen-bond donors (Lipinski definition) is 0. The fourth-order valence-electron chi connectivity index (χ4n) is 1.39. The second-order valence-electron chi connectivity index (χ2n) is 3.36. The smallest absolute Gasteiger partial charge is 0.172 e. The summed E-state index contributed by atoms with van der Waals surface area (Å²) in [6, 6.07) is 0. The molecule has 4 heteroatoms. The van der Waals surface area contributed by atoms with Crippen LogP contribution in [0.5, 0.6) is 0 Å². The number of hydrogen-bond acceptors (Lipinski definition) is 3. The lowest BCUT2D eigenvalue weighted by Crippen LogP contribution is -2.07. The molecule has 0 spiro atoms. The molecule has 0 unspecified atom stereocenters. The van der Waals surface area contributed by atoms with Crippen LogP contribution in [0.15, 0.2) is 0 Å². The van der Waals surface area contributed by atoms with Crippen LogP contribution >= 0.6 is 0 Å². The van der Waals surface area contributed by atoms with Crippen LogP contribution in [0.3, 0.4) is 0 Å². The first kappa shape index (κ1) is 9.89. The van der Waals surface area contributed by atoms with Crippen LogP contribution in [0, 0.1) is 0 Å². The van der Waals surface area contributed by atoms with E-state index in [1.54, 1.807) is 0 Å². The molecule has 0 aliphatic carbocycles. The van der Waals surface area contributed by atoms with Gasteiger partial charge in [0.05, 0.1) is 5.69 Å². The van der Waals surface area contributed by atoms with Gasteiger partial charge in [0, 0.05) is 6.54 Å². The highest BCUT2D eigenvalue weighted by molar-refractivity contribution is 5.73. The molecule has 0 N–H and O–H groups in total. The van der Waals surface area contributed by atoms with Crippen LogP contribution in [0.2, 0.25) is 0 Å². The van der Waals surface area contributed by atoms with Crippen LogP contribution < -0.4 is 0 Å². The molecule has 0 amide bonds. The van der Waals surface area contributed by atoms with Crippen LogP contribution in [-0.2, 0) is 6.54 Å². The van der Waals surface area contributed by atoms with Crippen molar-refractivity contribution in [1.29, 1.82) is 0 Å². The average molecular weight is 181 g/mol. The molecule has 72 valence electrons. The van der Waals surface area contributed by atoms with E-state index in [-0.39, 0.29) is 0 Å². The van der Waals surface area contributed by atoms with Crippen LogP contribution in [-0.4, -0.2) is 21.3 Å². The molecular weight excluding hydrogens is 166 g/mol. The number of carbonyl (C=O) groups excluding carboxylic acids is 1. The van der Waals surface area contributed by atoms with Gasteiger partial charge in [0.25, 0.3) is 0 Å². The van der Waals surface area contributed by atoms with Gasteiger partial charge in [-0.3, -0.25) is 4.79 Å². The Kier molecular flexibility index (Phi) is 3.17. The summed E-state index contributed by atoms with van der Waals surface area (Å²) < 4.78 is 1.81. The van der Waals surface area contributed by atoms with Crippen molar-refractivity contribution < 1.29 is 4.79 Å². The van der Waals surface area contributed by atoms with E-state index in [2.05, 4.69) is 17.2 Å². The summed E-state index contributed by atoms with van der Waals surface area (Å²) in [7, 11) is 0. The Morgan fingerprint density at radius 3 is 2.69 bits per heavy atom. The molecule has 1 heterocycles. The first-order chi connectivity index (χ1) is 6.20. The molecule has 1 rings (SSSR count). The maximum absolute atomic E-state index is 10.6. The zero-order chi connectivity index (χ0) is 9.84. The zero-order valence-corrected chi connectivity index (χ0v) is 8.32. The van der Waals surface area contributed by atoms with Crippen molar-refractivity contribution in [3.05, 3.63) is 11.4 Å². The van der Waals surface area contributed by atoms with E-state index in [0.29, 0.717) is 11.6 Å². The monoisotopic (exact) mass is 181 g/mol. The van der Waals surface area contributed by atoms with Crippen LogP contribution in [0.4, 0.5) is 0 Å². The molecule has 0 radical (unpaired) electrons. The van der Waals surface area contributed by atoms with Gasteiger partial charge in [-0.15, -0.1) is 5.10 Å². The fourth-order valence-corrected chi connectivity index (χ4v) is 1.39. The Balaban J connectivity index is 3.06. The molecule has 0 saturated heterocycles. The highest BCUT2D eigenvalue weighted by atomic mass is 16.1. The third kappa shape index (κ3) is 1.94. The number of aryl methyl sites for hydroxylation is 1. The number of aldehydes is 1. The number of nitrogens with zero attached hydrogens (tertiary/aromatic N) is 3. The maximum Gasteiger partial charge on any atom is 0.172 e. The van der Waals surface area contributed by atoms with E-state index in [9.17, 15) is 4.79 Å². The molecule has 1 aromatic rings. The van der Waals surface area contributed by atoms with Gasteiger partial charge in [0.1, 0.15) is 5.69 Å². The highest BCUT2D eigenvalue weighted by Crippen LogP contribution is 2.16. The number of rotatable bonds is 4. The molecular formula is C9H15N3O. The Hall–Kier alpha value is -1.19. The molecule has 1 aromatic heterocycles. The van der Waals surface area contributed by atoms with Gasteiger partial charge in [-0.05, 0) is 12.3 Å². The molecule has 0 bridgehead atoms. The summed E-state index contributed by atoms with van der Waals surface area (Å²) in [6.07, 6.45) is 1.77. The van der Waals surface area contributed by atoms with Gasteiger partial charge in [0.15, 0.2) is 6.29 Å². The van der Waals surface area contributed by atoms with Gasteiger partial charge in [0.2, 0.25) is 0 Å². The summed E-state index contributed by atoms with van der Waals surface area (Å²) in [4.78, 5) is 10.6. The van der Waals surface area contributed by atoms with Crippen molar-refractivity contribution in [2.24, 2.45) is 0 Å². The number of aromatic nitrogens is 3. The Labute approximate surface area is 77.9 Å². The van der Waals surface area contributed by atoms with Gasteiger partial charge in [-0.1, -0.05) is 26.0 Å². The minimum Gasteiger partial charge on any atom is -0.296 e. The molecule has 0 fully saturated rings. The van der Waals surface area contributed by atoms with Gasteiger partial charge in [-0.25, -0.2) is 4.68 Å². The predicted octanol–water partition coefficient (Wildman–Crippen LogP) is 1.62. The number of carbonyl (C=O) groups is 1. The van der Waals surface area contributed by atoms with Crippen molar-refractivity contribution in [2.45, 2.75) is 39.7 Å². The topological polar surface area (TPSA) is 47.8 Å². The lowest BCUT2D eigenvalue weighted by atomic mass is 10.1. The minimum absolute atomic E-state index is 0.293. The summed E-state index contributed by atoms with van der Waals surface area (Å²) in [5.74, 6) is 0.293. The Bertz CT molecular complexity index is 291. The average Bonchev–Trinajstić information content (AvgIpc) is 2.48. The molecule has 0 saturated carbocycles. The molecule has 0 aliphatic heterocycles. The van der Waals surface area contributed by atoms with E-state index < -0.39 is 0 Å². The Morgan fingerprint density at radius 1 is 1.54 bits per heavy atom. The lowest BCUT2D eigenvalue weighted by Gasteiger charge is -2.07. The first-order valence-corrected chi connectivity index (χ1v) is 4.59. The van der Waals surface area contributed by atoms with Gasteiger partial charge >= 0.3 is 0 Å². The van der Waals surface area contributed by atoms with Crippen molar-refractivity contribution in [2.75, 3.05) is 0 Å². The largest absolute Gasteiger partial charge is 0.296 e. The van der Waals surface area contributed by atoms with E-state index in [1.165, 1.54) is 0 Å². The third-order valence-electron chi connectivity index (χ3n) is 1.89. The van der Waals surface area contributed by atoms with Gasteiger partial charge in [-0.2, -0.15) is 0 Å². The van der Waals surface area contributed by atoms with E-state index in [4.69, 9.17) is 0 Å². The predicted molar refractivity (Wildman–Crippen MR) is 49.8 cm³/mol. The van der Waals surface area contributed by atoms with Crippen molar-refractivity contribution in [1.82, 2.24) is 15.0 Å². The van der Waals surface area contributed by atoms with E-state index >= 15 is 0 Å². The molecule has 0 atom stereocenters. The van der Waals surface area contributed by atoms with Crippen molar-refractivity contribution in [3.63, 3.8) is 0 Å². The highest BCUT2D eigenvalue weighted by Gasteiger charge is 2.14. The van der Waals surface area contributed by atoms with Crippen LogP contribution in [0.25, 0.3) is 0 Å². The van der Waals surface area contributed by atoms with Crippen molar-refractivity contribution >= 4 is 6.29 Å². The summed E-state index contributed by atoms with van der Waals surface area (Å²) in [5.41, 5.74) is 1.42. The summed E-state index contributed by atoms with van der Waals surface area (Å²) in [6.45, 7) is 6.98. The fraction of sp³-hybridized carbons (Fsp3) is 0.667. The third-order valence-corrected chi connectivity index (χ3v) is 1.89. The first-order valence-electron chi connectivity index (χ1n) is 4.59. The van der Waals surface area contributed by atoms with Crippen molar-refractivity contribution in [3.8, 4) is 0 Å². The second-order valence-corrected chi connectivity index (χ2v) is 3.36. The molecule has 0 aromatic carbocycles. The van der Waals surface area contributed by atoms with E-state index in [1.807, 2.05) is 18.5 Å². The quantitative estimate of drug-likeness (QED) is 0.663. The molecule has 0 aliphatic rings.